The largest absolute Gasteiger partial charge is 0.345 e. The van der Waals surface area contributed by atoms with E-state index in [1.165, 1.54) is 18.3 Å². The maximum Gasteiger partial charge on any atom is 0.290 e. The van der Waals surface area contributed by atoms with E-state index < -0.39 is 27.7 Å². The summed E-state index contributed by atoms with van der Waals surface area (Å²) < 4.78 is 50.2. The highest BCUT2D eigenvalue weighted by molar-refractivity contribution is 7.99. The molecule has 2 rings (SSSR count). The van der Waals surface area contributed by atoms with Crippen molar-refractivity contribution >= 4 is 33.4 Å². The van der Waals surface area contributed by atoms with Crippen LogP contribution in [0.15, 0.2) is 47.6 Å². The molecule has 1 heterocycles. The molecule has 0 bridgehead atoms. The molecule has 0 fully saturated rings. The number of halogens is 2. The molecule has 26 heavy (non-hydrogen) atoms. The fraction of sp³-hybridized carbons (Fsp3) is 0.250. The van der Waals surface area contributed by atoms with Crippen LogP contribution >= 0.6 is 11.8 Å². The Morgan fingerprint density at radius 2 is 1.96 bits per heavy atom. The third-order valence-corrected chi connectivity index (χ3v) is 4.59. The molecule has 6 nitrogen and oxygen atoms in total. The number of rotatable bonds is 7. The number of hydrogen-bond donors (Lipinski definition) is 2. The molecule has 0 spiro atoms. The predicted molar refractivity (Wildman–Crippen MR) is 96.9 cm³/mol. The van der Waals surface area contributed by atoms with Crippen LogP contribution in [0.3, 0.4) is 0 Å². The second kappa shape index (κ2) is 8.45. The van der Waals surface area contributed by atoms with Gasteiger partial charge < -0.3 is 5.32 Å². The predicted octanol–water partition coefficient (Wildman–Crippen LogP) is 3.26. The summed E-state index contributed by atoms with van der Waals surface area (Å²) in [5, 5.41) is 2.65. The van der Waals surface area contributed by atoms with E-state index in [9.17, 15) is 22.0 Å². The van der Waals surface area contributed by atoms with Crippen molar-refractivity contribution in [2.24, 2.45) is 0 Å². The SMILES string of the molecule is CC(NC(=O)c1cccnc1SC(F)F)c1cccc(NS(C)(=O)=O)c1. The van der Waals surface area contributed by atoms with Crippen molar-refractivity contribution in [3.05, 3.63) is 53.7 Å². The molecule has 140 valence electrons. The number of aromatic nitrogens is 1. The van der Waals surface area contributed by atoms with Gasteiger partial charge in [0, 0.05) is 11.9 Å². The molecule has 10 heteroatoms. The number of amides is 1. The van der Waals surface area contributed by atoms with Crippen molar-refractivity contribution in [1.29, 1.82) is 0 Å². The molecular weight excluding hydrogens is 384 g/mol. The third-order valence-electron chi connectivity index (χ3n) is 3.25. The van der Waals surface area contributed by atoms with Gasteiger partial charge in [-0.3, -0.25) is 9.52 Å². The first-order chi connectivity index (χ1) is 12.2. The number of carbonyl (C=O) groups is 1. The van der Waals surface area contributed by atoms with Crippen LogP contribution in [0.25, 0.3) is 0 Å². The van der Waals surface area contributed by atoms with E-state index in [1.54, 1.807) is 31.2 Å². The highest BCUT2D eigenvalue weighted by atomic mass is 32.2. The quantitative estimate of drug-likeness (QED) is 0.696. The Labute approximate surface area is 154 Å². The second-order valence-corrected chi connectivity index (χ2v) is 8.16. The van der Waals surface area contributed by atoms with E-state index in [1.807, 2.05) is 0 Å². The van der Waals surface area contributed by atoms with E-state index in [-0.39, 0.29) is 22.4 Å². The fourth-order valence-electron chi connectivity index (χ4n) is 2.19. The standard InChI is InChI=1S/C16H17F2N3O3S2/c1-10(11-5-3-6-12(9-11)21-26(2,23)24)20-14(22)13-7-4-8-19-15(13)25-16(17)18/h3-10,16,21H,1-2H3,(H,20,22). The Balaban J connectivity index is 2.16. The summed E-state index contributed by atoms with van der Waals surface area (Å²) in [6, 6.07) is 8.97. The van der Waals surface area contributed by atoms with Crippen LogP contribution in [0, 0.1) is 0 Å². The number of alkyl halides is 2. The van der Waals surface area contributed by atoms with Crippen molar-refractivity contribution in [3.8, 4) is 0 Å². The molecule has 0 aliphatic heterocycles. The minimum absolute atomic E-state index is 0.0510. The molecule has 2 N–H and O–H groups in total. The maximum atomic E-state index is 12.6. The van der Waals surface area contributed by atoms with Crippen molar-refractivity contribution in [2.75, 3.05) is 11.0 Å². The van der Waals surface area contributed by atoms with Gasteiger partial charge in [-0.1, -0.05) is 12.1 Å². The molecule has 0 saturated carbocycles. The number of anilines is 1. The summed E-state index contributed by atoms with van der Waals surface area (Å²) in [7, 11) is -3.42. The minimum atomic E-state index is -3.42. The zero-order chi connectivity index (χ0) is 19.3. The van der Waals surface area contributed by atoms with Crippen LogP contribution in [-0.4, -0.2) is 31.3 Å². The van der Waals surface area contributed by atoms with E-state index in [2.05, 4.69) is 15.0 Å². The van der Waals surface area contributed by atoms with Gasteiger partial charge in [-0.25, -0.2) is 13.4 Å². The van der Waals surface area contributed by atoms with Gasteiger partial charge in [-0.2, -0.15) is 8.78 Å². The van der Waals surface area contributed by atoms with Crippen LogP contribution < -0.4 is 10.0 Å². The number of nitrogens with zero attached hydrogens (tertiary/aromatic N) is 1. The molecule has 0 aliphatic rings. The van der Waals surface area contributed by atoms with Gasteiger partial charge in [0.1, 0.15) is 5.03 Å². The Kier molecular flexibility index (Phi) is 6.54. The number of benzene rings is 1. The highest BCUT2D eigenvalue weighted by Gasteiger charge is 2.18. The zero-order valence-corrected chi connectivity index (χ0v) is 15.6. The number of nitrogens with one attached hydrogen (secondary N) is 2. The Morgan fingerprint density at radius 1 is 1.23 bits per heavy atom. The van der Waals surface area contributed by atoms with Gasteiger partial charge in [-0.05, 0) is 48.5 Å². The van der Waals surface area contributed by atoms with E-state index in [0.29, 0.717) is 11.3 Å². The lowest BCUT2D eigenvalue weighted by Crippen LogP contribution is -2.27. The molecule has 0 radical (unpaired) electrons. The second-order valence-electron chi connectivity index (χ2n) is 5.43. The summed E-state index contributed by atoms with van der Waals surface area (Å²) in [5.74, 6) is -3.23. The van der Waals surface area contributed by atoms with E-state index >= 15 is 0 Å². The van der Waals surface area contributed by atoms with Crippen LogP contribution in [-0.2, 0) is 10.0 Å². The van der Waals surface area contributed by atoms with Gasteiger partial charge in [0.05, 0.1) is 17.9 Å². The first-order valence-electron chi connectivity index (χ1n) is 7.44. The summed E-state index contributed by atoms with van der Waals surface area (Å²) in [6.07, 6.45) is 2.38. The monoisotopic (exact) mass is 401 g/mol. The van der Waals surface area contributed by atoms with Crippen molar-refractivity contribution < 1.29 is 22.0 Å². The first kappa shape index (κ1) is 20.1. The fourth-order valence-corrected chi connectivity index (χ4v) is 3.32. The van der Waals surface area contributed by atoms with Gasteiger partial charge >= 0.3 is 0 Å². The topological polar surface area (TPSA) is 88.2 Å². The average molecular weight is 401 g/mol. The smallest absolute Gasteiger partial charge is 0.290 e. The van der Waals surface area contributed by atoms with E-state index in [0.717, 1.165) is 6.26 Å². The molecule has 0 aliphatic carbocycles. The van der Waals surface area contributed by atoms with Crippen LogP contribution in [0.5, 0.6) is 0 Å². The normalized spacial score (nSPS) is 12.7. The summed E-state index contributed by atoms with van der Waals surface area (Å²) in [4.78, 5) is 16.2. The highest BCUT2D eigenvalue weighted by Crippen LogP contribution is 2.27. The average Bonchev–Trinajstić information content (AvgIpc) is 2.53. The van der Waals surface area contributed by atoms with Crippen LogP contribution in [0.1, 0.15) is 28.9 Å². The van der Waals surface area contributed by atoms with Crippen molar-refractivity contribution in [1.82, 2.24) is 10.3 Å². The lowest BCUT2D eigenvalue weighted by molar-refractivity contribution is 0.0936. The number of hydrogen-bond acceptors (Lipinski definition) is 5. The Morgan fingerprint density at radius 3 is 2.62 bits per heavy atom. The molecule has 1 amide bonds. The summed E-state index contributed by atoms with van der Waals surface area (Å²) in [6.45, 7) is 1.70. The number of sulfonamides is 1. The van der Waals surface area contributed by atoms with Gasteiger partial charge in [0.2, 0.25) is 10.0 Å². The van der Waals surface area contributed by atoms with Gasteiger partial charge in [0.15, 0.2) is 0 Å². The number of thioether (sulfide) groups is 1. The number of pyridine rings is 1. The zero-order valence-electron chi connectivity index (χ0n) is 13.9. The molecule has 2 aromatic rings. The van der Waals surface area contributed by atoms with Crippen molar-refractivity contribution in [2.45, 2.75) is 23.7 Å². The van der Waals surface area contributed by atoms with Crippen molar-refractivity contribution in [3.63, 3.8) is 0 Å². The first-order valence-corrected chi connectivity index (χ1v) is 10.2. The minimum Gasteiger partial charge on any atom is -0.345 e. The molecule has 1 unspecified atom stereocenters. The lowest BCUT2D eigenvalue weighted by Gasteiger charge is -2.16. The Bertz CT molecular complexity index is 892. The lowest BCUT2D eigenvalue weighted by atomic mass is 10.1. The molecule has 0 saturated heterocycles. The Hall–Kier alpha value is -2.20. The molecular formula is C16H17F2N3O3S2. The van der Waals surface area contributed by atoms with Gasteiger partial charge in [0.25, 0.3) is 11.7 Å². The molecule has 1 aromatic heterocycles. The van der Waals surface area contributed by atoms with Gasteiger partial charge in [-0.15, -0.1) is 0 Å². The third kappa shape index (κ3) is 5.95. The summed E-state index contributed by atoms with van der Waals surface area (Å²) in [5.41, 5.74) is 1.07. The summed E-state index contributed by atoms with van der Waals surface area (Å²) >= 11 is 0.203. The molecule has 1 atom stereocenters. The van der Waals surface area contributed by atoms with Crippen LogP contribution in [0.2, 0.25) is 0 Å². The van der Waals surface area contributed by atoms with Crippen LogP contribution in [0.4, 0.5) is 14.5 Å². The number of carbonyl (C=O) groups excluding carboxylic acids is 1. The molecule has 1 aromatic carbocycles. The van der Waals surface area contributed by atoms with E-state index in [4.69, 9.17) is 0 Å². The maximum absolute atomic E-state index is 12.6.